The summed E-state index contributed by atoms with van der Waals surface area (Å²) in [6.45, 7) is 2.55. The van der Waals surface area contributed by atoms with E-state index in [0.717, 1.165) is 31.4 Å². The van der Waals surface area contributed by atoms with Crippen LogP contribution in [0, 0.1) is 18.6 Å². The van der Waals surface area contributed by atoms with Gasteiger partial charge in [0.25, 0.3) is 5.89 Å². The van der Waals surface area contributed by atoms with Crippen molar-refractivity contribution in [2.45, 2.75) is 32.4 Å². The van der Waals surface area contributed by atoms with Gasteiger partial charge in [-0.3, -0.25) is 0 Å². The molecule has 0 unspecified atom stereocenters. The number of aromatic nitrogens is 3. The highest BCUT2D eigenvalue weighted by molar-refractivity contribution is 6.36. The molecule has 4 rings (SSSR count). The smallest absolute Gasteiger partial charge is 0.368 e. The highest BCUT2D eigenvalue weighted by Gasteiger charge is 2.33. The van der Waals surface area contributed by atoms with Gasteiger partial charge < -0.3 is 9.42 Å². The summed E-state index contributed by atoms with van der Waals surface area (Å²) in [5, 5.41) is 3.42. The molecule has 11 heteroatoms. The molecule has 0 aliphatic carbocycles. The number of benzene rings is 1. The van der Waals surface area contributed by atoms with Crippen LogP contribution in [-0.4, -0.2) is 28.2 Å². The summed E-state index contributed by atoms with van der Waals surface area (Å²) in [7, 11) is 0. The van der Waals surface area contributed by atoms with E-state index in [4.69, 9.17) is 16.1 Å². The van der Waals surface area contributed by atoms with Crippen LogP contribution in [0.4, 0.5) is 27.6 Å². The number of rotatable bonds is 3. The van der Waals surface area contributed by atoms with Crippen molar-refractivity contribution in [3.63, 3.8) is 0 Å². The number of halogens is 6. The molecule has 0 N–H and O–H groups in total. The van der Waals surface area contributed by atoms with E-state index in [1.165, 1.54) is 6.92 Å². The van der Waals surface area contributed by atoms with Crippen LogP contribution in [0.1, 0.15) is 30.7 Å². The Morgan fingerprint density at radius 3 is 2.32 bits per heavy atom. The lowest BCUT2D eigenvalue weighted by Crippen LogP contribution is -2.31. The maximum absolute atomic E-state index is 15.5. The zero-order valence-electron chi connectivity index (χ0n) is 16.2. The third-order valence-corrected chi connectivity index (χ3v) is 5.37. The third kappa shape index (κ3) is 4.08. The van der Waals surface area contributed by atoms with Crippen molar-refractivity contribution in [3.05, 3.63) is 46.2 Å². The van der Waals surface area contributed by atoms with Gasteiger partial charge in [0.1, 0.15) is 5.82 Å². The average molecular weight is 459 g/mol. The van der Waals surface area contributed by atoms with Gasteiger partial charge in [-0.25, -0.2) is 13.8 Å². The standard InChI is InChI=1S/C20H16ClF5N4O/c1-10-27-19(31-29-10)17-15(23)18(30-7-3-2-4-8-30)14(21)16(28-17)12-6-5-11(9-13(12)22)20(24,25)26/h5-6,9H,2-4,7-8H2,1H3. The summed E-state index contributed by atoms with van der Waals surface area (Å²) in [6.07, 6.45) is -2.14. The summed E-state index contributed by atoms with van der Waals surface area (Å²) >= 11 is 6.45. The highest BCUT2D eigenvalue weighted by Crippen LogP contribution is 2.42. The van der Waals surface area contributed by atoms with Crippen LogP contribution in [0.2, 0.25) is 5.02 Å². The fourth-order valence-electron chi connectivity index (χ4n) is 3.52. The van der Waals surface area contributed by atoms with E-state index in [1.807, 2.05) is 0 Å². The molecule has 5 nitrogen and oxygen atoms in total. The molecular formula is C20H16ClF5N4O. The molecule has 0 bridgehead atoms. The second-order valence-corrected chi connectivity index (χ2v) is 7.55. The quantitative estimate of drug-likeness (QED) is 0.447. The van der Waals surface area contributed by atoms with Crippen molar-refractivity contribution >= 4 is 17.3 Å². The normalized spacial score (nSPS) is 14.9. The predicted molar refractivity (Wildman–Crippen MR) is 104 cm³/mol. The molecule has 1 aliphatic heterocycles. The Hall–Kier alpha value is -2.75. The second-order valence-electron chi connectivity index (χ2n) is 7.17. The number of anilines is 1. The molecule has 2 aromatic heterocycles. The maximum Gasteiger partial charge on any atom is 0.416 e. The van der Waals surface area contributed by atoms with Crippen molar-refractivity contribution in [1.29, 1.82) is 0 Å². The summed E-state index contributed by atoms with van der Waals surface area (Å²) < 4.78 is 74.0. The lowest BCUT2D eigenvalue weighted by atomic mass is 10.0. The van der Waals surface area contributed by atoms with E-state index in [-0.39, 0.29) is 39.4 Å². The largest absolute Gasteiger partial charge is 0.416 e. The molecule has 1 aliphatic rings. The van der Waals surface area contributed by atoms with E-state index < -0.39 is 23.4 Å². The maximum atomic E-state index is 15.5. The third-order valence-electron chi connectivity index (χ3n) is 5.01. The number of nitrogens with zero attached hydrogens (tertiary/aromatic N) is 4. The Morgan fingerprint density at radius 2 is 1.74 bits per heavy atom. The van der Waals surface area contributed by atoms with E-state index in [0.29, 0.717) is 19.2 Å². The zero-order chi connectivity index (χ0) is 22.3. The minimum Gasteiger partial charge on any atom is -0.368 e. The molecule has 0 spiro atoms. The first-order chi connectivity index (χ1) is 14.7. The van der Waals surface area contributed by atoms with E-state index >= 15 is 4.39 Å². The molecule has 0 saturated carbocycles. The van der Waals surface area contributed by atoms with E-state index in [2.05, 4.69) is 15.1 Å². The van der Waals surface area contributed by atoms with Crippen LogP contribution in [0.15, 0.2) is 22.7 Å². The SMILES string of the molecule is Cc1noc(-c2nc(-c3ccc(C(F)(F)F)cc3F)c(Cl)c(N3CCCCC3)c2F)n1. The molecule has 31 heavy (non-hydrogen) atoms. The number of piperidine rings is 1. The number of pyridine rings is 1. The van der Waals surface area contributed by atoms with Gasteiger partial charge in [0, 0.05) is 18.7 Å². The monoisotopic (exact) mass is 458 g/mol. The Kier molecular flexibility index (Phi) is 5.59. The minimum absolute atomic E-state index is 0.0171. The molecule has 164 valence electrons. The van der Waals surface area contributed by atoms with Gasteiger partial charge >= 0.3 is 6.18 Å². The summed E-state index contributed by atoms with van der Waals surface area (Å²) in [6, 6.07) is 2.00. The van der Waals surface area contributed by atoms with Crippen molar-refractivity contribution in [1.82, 2.24) is 15.1 Å². The summed E-state index contributed by atoms with van der Waals surface area (Å²) in [5.41, 5.74) is -2.03. The van der Waals surface area contributed by atoms with E-state index in [1.54, 1.807) is 4.90 Å². The van der Waals surface area contributed by atoms with Gasteiger partial charge in [0.15, 0.2) is 17.3 Å². The van der Waals surface area contributed by atoms with Crippen molar-refractivity contribution in [2.75, 3.05) is 18.0 Å². The first-order valence-electron chi connectivity index (χ1n) is 9.48. The molecule has 1 aromatic carbocycles. The van der Waals surface area contributed by atoms with Crippen LogP contribution < -0.4 is 4.90 Å². The molecule has 3 heterocycles. The van der Waals surface area contributed by atoms with Crippen LogP contribution >= 0.6 is 11.6 Å². The first kappa shape index (κ1) is 21.5. The van der Waals surface area contributed by atoms with Crippen molar-refractivity contribution in [2.24, 2.45) is 0 Å². The van der Waals surface area contributed by atoms with Gasteiger partial charge in [-0.15, -0.1) is 0 Å². The topological polar surface area (TPSA) is 55.1 Å². The fraction of sp³-hybridized carbons (Fsp3) is 0.350. The average Bonchev–Trinajstić information content (AvgIpc) is 3.15. The van der Waals surface area contributed by atoms with Crippen LogP contribution in [0.3, 0.4) is 0 Å². The van der Waals surface area contributed by atoms with Crippen LogP contribution in [-0.2, 0) is 6.18 Å². The molecule has 1 fully saturated rings. The molecular weight excluding hydrogens is 443 g/mol. The van der Waals surface area contributed by atoms with Gasteiger partial charge in [0.2, 0.25) is 0 Å². The van der Waals surface area contributed by atoms with Crippen molar-refractivity contribution < 1.29 is 26.5 Å². The van der Waals surface area contributed by atoms with Gasteiger partial charge in [-0.1, -0.05) is 16.8 Å². The fourth-order valence-corrected chi connectivity index (χ4v) is 3.87. The van der Waals surface area contributed by atoms with Crippen LogP contribution in [0.5, 0.6) is 0 Å². The van der Waals surface area contributed by atoms with Crippen molar-refractivity contribution in [3.8, 4) is 22.8 Å². The first-order valence-corrected chi connectivity index (χ1v) is 9.86. The molecule has 0 atom stereocenters. The Labute approximate surface area is 178 Å². The number of hydrogen-bond acceptors (Lipinski definition) is 5. The molecule has 0 amide bonds. The van der Waals surface area contributed by atoms with Gasteiger partial charge in [0.05, 0.1) is 22.0 Å². The molecule has 0 radical (unpaired) electrons. The lowest BCUT2D eigenvalue weighted by molar-refractivity contribution is -0.137. The minimum atomic E-state index is -4.72. The lowest BCUT2D eigenvalue weighted by Gasteiger charge is -2.30. The second kappa shape index (κ2) is 8.07. The summed E-state index contributed by atoms with van der Waals surface area (Å²) in [5.74, 6) is -2.01. The highest BCUT2D eigenvalue weighted by atomic mass is 35.5. The number of alkyl halides is 3. The van der Waals surface area contributed by atoms with Crippen LogP contribution in [0.25, 0.3) is 22.8 Å². The predicted octanol–water partition coefficient (Wildman–Crippen LogP) is 6.05. The molecule has 1 saturated heterocycles. The Bertz CT molecular complexity index is 1130. The molecule has 3 aromatic rings. The van der Waals surface area contributed by atoms with Gasteiger partial charge in [-0.05, 0) is 44.4 Å². The number of aryl methyl sites for hydroxylation is 1. The van der Waals surface area contributed by atoms with E-state index in [9.17, 15) is 17.6 Å². The number of hydrogen-bond donors (Lipinski definition) is 0. The summed E-state index contributed by atoms with van der Waals surface area (Å²) in [4.78, 5) is 9.77. The Morgan fingerprint density at radius 1 is 1.03 bits per heavy atom. The Balaban J connectivity index is 1.94. The van der Waals surface area contributed by atoms with Gasteiger partial charge in [-0.2, -0.15) is 18.2 Å². The zero-order valence-corrected chi connectivity index (χ0v) is 17.0.